The number of hydrogen-bond donors (Lipinski definition) is 1. The molecule has 1 N–H and O–H groups in total. The minimum absolute atomic E-state index is 0.439. The van der Waals surface area contributed by atoms with Gasteiger partial charge < -0.3 is 24.3 Å². The summed E-state index contributed by atoms with van der Waals surface area (Å²) in [5.74, 6) is 1.46. The van der Waals surface area contributed by atoms with Crippen LogP contribution in [0, 0.1) is 0 Å². The highest BCUT2D eigenvalue weighted by Gasteiger charge is 2.28. The number of pyridine rings is 1. The number of para-hydroxylation sites is 2. The van der Waals surface area contributed by atoms with E-state index in [4.69, 9.17) is 23.9 Å². The lowest BCUT2D eigenvalue weighted by atomic mass is 10.0. The van der Waals surface area contributed by atoms with Gasteiger partial charge in [-0.15, -0.1) is 0 Å². The zero-order chi connectivity index (χ0) is 30.5. The van der Waals surface area contributed by atoms with Gasteiger partial charge in [-0.05, 0) is 78.1 Å². The second-order valence-corrected chi connectivity index (χ2v) is 10.2. The molecule has 0 atom stereocenters. The van der Waals surface area contributed by atoms with E-state index in [0.717, 1.165) is 33.9 Å². The van der Waals surface area contributed by atoms with Crippen molar-refractivity contribution in [2.75, 3.05) is 26.1 Å². The van der Waals surface area contributed by atoms with Crippen molar-refractivity contribution in [3.63, 3.8) is 0 Å². The molecular weight excluding hydrogens is 556 g/mol. The van der Waals surface area contributed by atoms with E-state index in [0.29, 0.717) is 46.5 Å². The summed E-state index contributed by atoms with van der Waals surface area (Å²) in [6.45, 7) is -0.449. The highest BCUT2D eigenvalue weighted by Crippen LogP contribution is 2.38. The number of amides is 1. The lowest BCUT2D eigenvalue weighted by molar-refractivity contribution is -0.119. The van der Waals surface area contributed by atoms with Crippen molar-refractivity contribution in [1.29, 1.82) is 0 Å². The van der Waals surface area contributed by atoms with Gasteiger partial charge in [0.2, 0.25) is 0 Å². The third kappa shape index (κ3) is 6.10. The normalized spacial score (nSPS) is 12.9. The molecule has 1 aromatic heterocycles. The fourth-order valence-electron chi connectivity index (χ4n) is 5.32. The number of benzene rings is 4. The van der Waals surface area contributed by atoms with E-state index in [9.17, 15) is 9.59 Å². The molecule has 4 aromatic carbocycles. The van der Waals surface area contributed by atoms with Crippen LogP contribution in [-0.2, 0) is 16.0 Å². The molecule has 6 rings (SSSR count). The average Bonchev–Trinajstić information content (AvgIpc) is 3.44. The van der Waals surface area contributed by atoms with Gasteiger partial charge in [0.05, 0.1) is 31.0 Å². The highest BCUT2D eigenvalue weighted by molar-refractivity contribution is 6.08. The number of hydrogen-bond acceptors (Lipinski definition) is 7. The van der Waals surface area contributed by atoms with Gasteiger partial charge in [-0.25, -0.2) is 9.78 Å². The third-order valence-electron chi connectivity index (χ3n) is 7.33. The molecule has 1 aliphatic rings. The Hall–Kier alpha value is -5.63. The Morgan fingerprint density at radius 2 is 1.59 bits per heavy atom. The Morgan fingerprint density at radius 1 is 0.818 bits per heavy atom. The quantitative estimate of drug-likeness (QED) is 0.181. The first-order chi connectivity index (χ1) is 21.5. The number of nitrogens with one attached hydrogen (secondary N) is 1. The molecule has 0 fully saturated rings. The third-order valence-corrected chi connectivity index (χ3v) is 7.33. The van der Waals surface area contributed by atoms with Crippen molar-refractivity contribution >= 4 is 40.1 Å². The number of methoxy groups -OCH3 is 2. The number of fused-ring (bicyclic) bond motifs is 2. The number of nitrogens with zero attached hydrogens (tertiary/aromatic N) is 1. The summed E-state index contributed by atoms with van der Waals surface area (Å²) < 4.78 is 22.1. The Labute approximate surface area is 254 Å². The molecule has 0 saturated heterocycles. The van der Waals surface area contributed by atoms with Crippen LogP contribution in [0.1, 0.15) is 33.6 Å². The van der Waals surface area contributed by atoms with Gasteiger partial charge in [-0.3, -0.25) is 4.79 Å². The smallest absolute Gasteiger partial charge is 0.339 e. The molecule has 0 radical (unpaired) electrons. The van der Waals surface area contributed by atoms with Crippen LogP contribution in [0.2, 0.25) is 0 Å². The first-order valence-electron chi connectivity index (χ1n) is 14.2. The average molecular weight is 587 g/mol. The van der Waals surface area contributed by atoms with E-state index >= 15 is 0 Å². The number of carbonyl (C=O) groups is 2. The zero-order valence-electron chi connectivity index (χ0n) is 24.3. The van der Waals surface area contributed by atoms with Crippen LogP contribution in [-0.4, -0.2) is 37.7 Å². The lowest BCUT2D eigenvalue weighted by Gasteiger charge is -2.13. The summed E-state index contributed by atoms with van der Waals surface area (Å²) in [7, 11) is 3.05. The molecule has 8 heteroatoms. The second kappa shape index (κ2) is 12.7. The minimum Gasteiger partial charge on any atom is -0.493 e. The van der Waals surface area contributed by atoms with E-state index in [2.05, 4.69) is 11.4 Å². The van der Waals surface area contributed by atoms with Gasteiger partial charge in [-0.1, -0.05) is 48.5 Å². The van der Waals surface area contributed by atoms with Crippen LogP contribution >= 0.6 is 0 Å². The van der Waals surface area contributed by atoms with Crippen molar-refractivity contribution < 1.29 is 28.5 Å². The van der Waals surface area contributed by atoms with E-state index in [-0.39, 0.29) is 0 Å². The van der Waals surface area contributed by atoms with Crippen LogP contribution in [0.15, 0.2) is 97.1 Å². The fourth-order valence-corrected chi connectivity index (χ4v) is 5.32. The summed E-state index contributed by atoms with van der Waals surface area (Å²) >= 11 is 0. The lowest BCUT2D eigenvalue weighted by Crippen LogP contribution is -2.21. The molecule has 44 heavy (non-hydrogen) atoms. The maximum Gasteiger partial charge on any atom is 0.339 e. The summed E-state index contributed by atoms with van der Waals surface area (Å²) in [5.41, 5.74) is 5.18. The Bertz CT molecular complexity index is 1880. The van der Waals surface area contributed by atoms with Crippen molar-refractivity contribution in [2.24, 2.45) is 0 Å². The SMILES string of the molecule is COc1ccc(NC(=O)COC(=O)c2c3c(nc4ccccc24)C(=Cc2cccc(Oc4ccccc4)c2)CC3)cc1OC. The topological polar surface area (TPSA) is 96.0 Å². The monoisotopic (exact) mass is 586 g/mol. The van der Waals surface area contributed by atoms with E-state index in [1.165, 1.54) is 14.2 Å². The zero-order valence-corrected chi connectivity index (χ0v) is 24.3. The summed E-state index contributed by atoms with van der Waals surface area (Å²) in [6, 6.07) is 30.0. The van der Waals surface area contributed by atoms with Crippen molar-refractivity contribution in [3.8, 4) is 23.0 Å². The van der Waals surface area contributed by atoms with E-state index in [1.807, 2.05) is 78.9 Å². The van der Waals surface area contributed by atoms with Crippen LogP contribution < -0.4 is 19.5 Å². The summed E-state index contributed by atoms with van der Waals surface area (Å²) in [5, 5.41) is 3.43. The number of esters is 1. The predicted octanol–water partition coefficient (Wildman–Crippen LogP) is 7.33. The van der Waals surface area contributed by atoms with Crippen LogP contribution in [0.25, 0.3) is 22.6 Å². The first-order valence-corrected chi connectivity index (χ1v) is 14.2. The maximum absolute atomic E-state index is 13.5. The highest BCUT2D eigenvalue weighted by atomic mass is 16.5. The standard InChI is InChI=1S/C36H30N2O6/c1-41-31-18-16-25(21-32(31)42-2)37-33(39)22-43-36(40)34-28-13-6-7-14-30(28)38-35-24(15-17-29(34)35)19-23-9-8-12-27(20-23)44-26-10-4-3-5-11-26/h3-14,16,18-21H,15,17,22H2,1-2H3,(H,37,39). The van der Waals surface area contributed by atoms with Gasteiger partial charge in [0.1, 0.15) is 11.5 Å². The Morgan fingerprint density at radius 3 is 2.41 bits per heavy atom. The Kier molecular flexibility index (Phi) is 8.23. The Balaban J connectivity index is 1.23. The summed E-state index contributed by atoms with van der Waals surface area (Å²) in [6.07, 6.45) is 3.42. The van der Waals surface area contributed by atoms with Crippen molar-refractivity contribution in [1.82, 2.24) is 4.98 Å². The van der Waals surface area contributed by atoms with Crippen LogP contribution in [0.5, 0.6) is 23.0 Å². The molecule has 1 heterocycles. The number of aromatic nitrogens is 1. The molecule has 0 aliphatic heterocycles. The van der Waals surface area contributed by atoms with E-state index in [1.54, 1.807) is 18.2 Å². The molecule has 0 bridgehead atoms. The molecule has 0 unspecified atom stereocenters. The second-order valence-electron chi connectivity index (χ2n) is 10.2. The minimum atomic E-state index is -0.568. The van der Waals surface area contributed by atoms with Gasteiger partial charge in [0, 0.05) is 17.1 Å². The maximum atomic E-state index is 13.5. The molecule has 0 saturated carbocycles. The molecular formula is C36H30N2O6. The number of carbonyl (C=O) groups excluding carboxylic acids is 2. The van der Waals surface area contributed by atoms with Gasteiger partial charge in [0.25, 0.3) is 5.91 Å². The number of anilines is 1. The van der Waals surface area contributed by atoms with Crippen molar-refractivity contribution in [3.05, 3.63) is 119 Å². The van der Waals surface area contributed by atoms with Crippen LogP contribution in [0.3, 0.4) is 0 Å². The van der Waals surface area contributed by atoms with Gasteiger partial charge in [0.15, 0.2) is 18.1 Å². The molecule has 5 aromatic rings. The number of rotatable bonds is 9. The molecule has 1 aliphatic carbocycles. The fraction of sp³-hybridized carbons (Fsp3) is 0.139. The molecule has 8 nitrogen and oxygen atoms in total. The molecule has 220 valence electrons. The summed E-state index contributed by atoms with van der Waals surface area (Å²) in [4.78, 5) is 31.2. The van der Waals surface area contributed by atoms with Crippen LogP contribution in [0.4, 0.5) is 5.69 Å². The number of allylic oxidation sites excluding steroid dienone is 1. The van der Waals surface area contributed by atoms with E-state index < -0.39 is 18.5 Å². The van der Waals surface area contributed by atoms with Crippen molar-refractivity contribution in [2.45, 2.75) is 12.8 Å². The molecule has 1 amide bonds. The number of ether oxygens (including phenoxy) is 4. The van der Waals surface area contributed by atoms with Gasteiger partial charge in [-0.2, -0.15) is 0 Å². The predicted molar refractivity (Wildman–Crippen MR) is 169 cm³/mol. The largest absolute Gasteiger partial charge is 0.493 e. The first kappa shape index (κ1) is 28.5. The van der Waals surface area contributed by atoms with Gasteiger partial charge >= 0.3 is 5.97 Å². The molecule has 0 spiro atoms.